The molecule has 2 rings (SSSR count). The second kappa shape index (κ2) is 7.67. The van der Waals surface area contributed by atoms with Crippen LogP contribution < -0.4 is 15.4 Å². The highest BCUT2D eigenvalue weighted by atomic mass is 19.4. The molecule has 0 aliphatic heterocycles. The largest absolute Gasteiger partial charge is 0.573 e. The number of benzene rings is 1. The van der Waals surface area contributed by atoms with Crippen LogP contribution in [0, 0.1) is 0 Å². The highest BCUT2D eigenvalue weighted by Gasteiger charge is 2.31. The third-order valence-corrected chi connectivity index (χ3v) is 3.12. The molecule has 2 N–H and O–H groups in total. The van der Waals surface area contributed by atoms with Crippen molar-refractivity contribution in [1.82, 2.24) is 15.6 Å². The third-order valence-electron chi connectivity index (χ3n) is 3.12. The molecule has 1 aromatic heterocycles. The van der Waals surface area contributed by atoms with Gasteiger partial charge in [-0.25, -0.2) is 4.79 Å². The van der Waals surface area contributed by atoms with Gasteiger partial charge in [-0.2, -0.15) is 0 Å². The summed E-state index contributed by atoms with van der Waals surface area (Å²) >= 11 is 0. The van der Waals surface area contributed by atoms with E-state index in [1.54, 1.807) is 37.4 Å². The Morgan fingerprint density at radius 1 is 1.21 bits per heavy atom. The number of aromatic nitrogens is 1. The van der Waals surface area contributed by atoms with Gasteiger partial charge in [-0.3, -0.25) is 4.98 Å². The van der Waals surface area contributed by atoms with Crippen LogP contribution in [0.3, 0.4) is 0 Å². The van der Waals surface area contributed by atoms with Gasteiger partial charge in [0.25, 0.3) is 0 Å². The quantitative estimate of drug-likeness (QED) is 0.876. The van der Waals surface area contributed by atoms with Gasteiger partial charge < -0.3 is 15.4 Å². The zero-order valence-corrected chi connectivity index (χ0v) is 12.8. The Bertz CT molecular complexity index is 678. The number of hydrogen-bond donors (Lipinski definition) is 2. The second-order valence-electron chi connectivity index (χ2n) is 4.96. The van der Waals surface area contributed by atoms with Gasteiger partial charge in [0.1, 0.15) is 5.75 Å². The number of carbonyl (C=O) groups excluding carboxylic acids is 1. The molecule has 0 radical (unpaired) electrons. The second-order valence-corrected chi connectivity index (χ2v) is 4.96. The van der Waals surface area contributed by atoms with E-state index in [4.69, 9.17) is 0 Å². The molecule has 0 saturated carbocycles. The molecule has 2 aromatic rings. The number of nitrogens with zero attached hydrogens (tertiary/aromatic N) is 1. The lowest BCUT2D eigenvalue weighted by Gasteiger charge is -2.16. The molecule has 24 heavy (non-hydrogen) atoms. The van der Waals surface area contributed by atoms with Crippen LogP contribution in [0.25, 0.3) is 0 Å². The predicted octanol–water partition coefficient (Wildman–Crippen LogP) is 3.54. The van der Waals surface area contributed by atoms with Crippen LogP contribution in [0.5, 0.6) is 5.75 Å². The van der Waals surface area contributed by atoms with E-state index < -0.39 is 12.4 Å². The number of para-hydroxylation sites is 1. The first-order chi connectivity index (χ1) is 11.3. The highest BCUT2D eigenvalue weighted by molar-refractivity contribution is 5.74. The first-order valence-corrected chi connectivity index (χ1v) is 7.14. The number of urea groups is 1. The molecule has 1 atom stereocenters. The number of nitrogens with one attached hydrogen (secondary N) is 2. The lowest BCUT2D eigenvalue weighted by molar-refractivity contribution is -0.274. The minimum Gasteiger partial charge on any atom is -0.405 e. The minimum absolute atomic E-state index is 0.104. The summed E-state index contributed by atoms with van der Waals surface area (Å²) in [5.74, 6) is -0.344. The summed E-state index contributed by atoms with van der Waals surface area (Å²) in [5.41, 5.74) is 0.893. The molecule has 1 aromatic carbocycles. The molecule has 1 heterocycles. The molecular formula is C16H16F3N3O2. The lowest BCUT2D eigenvalue weighted by Crippen LogP contribution is -2.37. The summed E-state index contributed by atoms with van der Waals surface area (Å²) in [7, 11) is 0. The van der Waals surface area contributed by atoms with Gasteiger partial charge in [-0.05, 0) is 25.1 Å². The SMILES string of the molecule is C[C@@H](NC(=O)NCc1ccccc1OC(F)(F)F)c1ccccn1. The average Bonchev–Trinajstić information content (AvgIpc) is 2.53. The number of amides is 2. The molecular weight excluding hydrogens is 323 g/mol. The van der Waals surface area contributed by atoms with E-state index >= 15 is 0 Å². The smallest absolute Gasteiger partial charge is 0.405 e. The van der Waals surface area contributed by atoms with Crippen molar-refractivity contribution in [2.75, 3.05) is 0 Å². The fourth-order valence-corrected chi connectivity index (χ4v) is 2.00. The van der Waals surface area contributed by atoms with Crippen LogP contribution in [-0.2, 0) is 6.54 Å². The minimum atomic E-state index is -4.79. The molecule has 0 aliphatic carbocycles. The summed E-state index contributed by atoms with van der Waals surface area (Å²) < 4.78 is 41.0. The first-order valence-electron chi connectivity index (χ1n) is 7.14. The van der Waals surface area contributed by atoms with Crippen molar-refractivity contribution in [3.63, 3.8) is 0 Å². The summed E-state index contributed by atoms with van der Waals surface area (Å²) in [5, 5.41) is 5.16. The number of halogens is 3. The van der Waals surface area contributed by atoms with Crippen molar-refractivity contribution in [3.05, 3.63) is 59.9 Å². The van der Waals surface area contributed by atoms with Gasteiger partial charge in [-0.15, -0.1) is 13.2 Å². The van der Waals surface area contributed by atoms with Gasteiger partial charge in [0.05, 0.1) is 11.7 Å². The zero-order valence-electron chi connectivity index (χ0n) is 12.8. The highest BCUT2D eigenvalue weighted by Crippen LogP contribution is 2.26. The molecule has 0 saturated heterocycles. The van der Waals surface area contributed by atoms with Gasteiger partial charge in [0, 0.05) is 18.3 Å². The van der Waals surface area contributed by atoms with Gasteiger partial charge in [-0.1, -0.05) is 24.3 Å². The van der Waals surface area contributed by atoms with E-state index in [-0.39, 0.29) is 23.9 Å². The van der Waals surface area contributed by atoms with Crippen LogP contribution >= 0.6 is 0 Å². The number of pyridine rings is 1. The van der Waals surface area contributed by atoms with Crippen molar-refractivity contribution in [2.45, 2.75) is 25.9 Å². The third kappa shape index (κ3) is 5.45. The van der Waals surface area contributed by atoms with Gasteiger partial charge in [0.15, 0.2) is 0 Å². The van der Waals surface area contributed by atoms with E-state index in [1.165, 1.54) is 18.2 Å². The fraction of sp³-hybridized carbons (Fsp3) is 0.250. The van der Waals surface area contributed by atoms with Crippen LogP contribution in [0.15, 0.2) is 48.7 Å². The van der Waals surface area contributed by atoms with Gasteiger partial charge in [0.2, 0.25) is 0 Å². The Kier molecular flexibility index (Phi) is 5.62. The molecule has 0 fully saturated rings. The monoisotopic (exact) mass is 339 g/mol. The Morgan fingerprint density at radius 3 is 2.58 bits per heavy atom. The molecule has 0 unspecified atom stereocenters. The van der Waals surface area contributed by atoms with E-state index in [2.05, 4.69) is 20.4 Å². The molecule has 128 valence electrons. The number of alkyl halides is 3. The van der Waals surface area contributed by atoms with E-state index in [1.807, 2.05) is 0 Å². The molecule has 8 heteroatoms. The average molecular weight is 339 g/mol. The first kappa shape index (κ1) is 17.6. The molecule has 5 nitrogen and oxygen atoms in total. The summed E-state index contributed by atoms with van der Waals surface area (Å²) in [4.78, 5) is 16.0. The fourth-order valence-electron chi connectivity index (χ4n) is 2.00. The zero-order chi connectivity index (χ0) is 17.6. The normalized spacial score (nSPS) is 12.3. The summed E-state index contributed by atoms with van der Waals surface area (Å²) in [6, 6.07) is 10.1. The van der Waals surface area contributed by atoms with Crippen molar-refractivity contribution in [2.24, 2.45) is 0 Å². The van der Waals surface area contributed by atoms with Crippen molar-refractivity contribution < 1.29 is 22.7 Å². The number of ether oxygens (including phenoxy) is 1. The number of carbonyl (C=O) groups is 1. The number of rotatable bonds is 5. The van der Waals surface area contributed by atoms with E-state index in [0.29, 0.717) is 5.69 Å². The van der Waals surface area contributed by atoms with Crippen molar-refractivity contribution in [1.29, 1.82) is 0 Å². The number of hydrogen-bond acceptors (Lipinski definition) is 3. The van der Waals surface area contributed by atoms with Crippen LogP contribution in [0.1, 0.15) is 24.2 Å². The maximum atomic E-state index is 12.4. The van der Waals surface area contributed by atoms with Gasteiger partial charge >= 0.3 is 12.4 Å². The van der Waals surface area contributed by atoms with Crippen molar-refractivity contribution in [3.8, 4) is 5.75 Å². The maximum absolute atomic E-state index is 12.4. The Labute approximate surface area is 136 Å². The Balaban J connectivity index is 1.92. The summed E-state index contributed by atoms with van der Waals surface area (Å²) in [6.07, 6.45) is -3.18. The maximum Gasteiger partial charge on any atom is 0.573 e. The van der Waals surface area contributed by atoms with Crippen LogP contribution in [0.2, 0.25) is 0 Å². The van der Waals surface area contributed by atoms with E-state index in [0.717, 1.165) is 0 Å². The molecule has 0 bridgehead atoms. The molecule has 0 aliphatic rings. The van der Waals surface area contributed by atoms with Crippen molar-refractivity contribution >= 4 is 6.03 Å². The topological polar surface area (TPSA) is 63.2 Å². The van der Waals surface area contributed by atoms with E-state index in [9.17, 15) is 18.0 Å². The van der Waals surface area contributed by atoms with Crippen LogP contribution in [-0.4, -0.2) is 17.4 Å². The summed E-state index contributed by atoms with van der Waals surface area (Å²) in [6.45, 7) is 1.65. The molecule has 2 amide bonds. The Morgan fingerprint density at radius 2 is 1.92 bits per heavy atom. The lowest BCUT2D eigenvalue weighted by atomic mass is 10.2. The Hall–Kier alpha value is -2.77. The molecule has 0 spiro atoms. The predicted molar refractivity (Wildman–Crippen MR) is 81.1 cm³/mol. The van der Waals surface area contributed by atoms with Crippen LogP contribution in [0.4, 0.5) is 18.0 Å². The standard InChI is InChI=1S/C16H16F3N3O2/c1-11(13-7-4-5-9-20-13)22-15(23)21-10-12-6-2-3-8-14(12)24-16(17,18)19/h2-9,11H,10H2,1H3,(H2,21,22,23)/t11-/m1/s1.